The van der Waals surface area contributed by atoms with Gasteiger partial charge in [-0.3, -0.25) is 0 Å². The topological polar surface area (TPSA) is 70.6 Å². The van der Waals surface area contributed by atoms with E-state index in [1.54, 1.807) is 13.0 Å². The molecule has 0 aliphatic rings. The number of nitrogens with one attached hydrogen (secondary N) is 2. The van der Waals surface area contributed by atoms with Gasteiger partial charge in [0.2, 0.25) is 0 Å². The summed E-state index contributed by atoms with van der Waals surface area (Å²) in [7, 11) is 0. The summed E-state index contributed by atoms with van der Waals surface area (Å²) in [5, 5.41) is 15.5. The average molecular weight is 294 g/mol. The summed E-state index contributed by atoms with van der Waals surface area (Å²) in [5.41, 5.74) is 0.730. The molecule has 1 rings (SSSR count). The second-order valence-electron chi connectivity index (χ2n) is 5.73. The van der Waals surface area contributed by atoms with Crippen LogP contribution in [0.25, 0.3) is 0 Å². The molecular formula is C16H26N2O3. The Labute approximate surface area is 126 Å². The first-order chi connectivity index (χ1) is 9.76. The lowest BCUT2D eigenvalue weighted by Crippen LogP contribution is -2.45. The molecule has 0 aliphatic carbocycles. The number of carbonyl (C=O) groups excluding carboxylic acids is 1. The highest BCUT2D eigenvalue weighted by atomic mass is 16.5. The summed E-state index contributed by atoms with van der Waals surface area (Å²) in [6.45, 7) is 10.2. The van der Waals surface area contributed by atoms with Crippen LogP contribution in [0.4, 0.5) is 10.5 Å². The molecule has 0 bridgehead atoms. The molecule has 1 atom stereocenters. The summed E-state index contributed by atoms with van der Waals surface area (Å²) in [4.78, 5) is 11.8. The maximum Gasteiger partial charge on any atom is 0.319 e. The Hall–Kier alpha value is -1.75. The van der Waals surface area contributed by atoms with E-state index in [4.69, 9.17) is 4.74 Å². The van der Waals surface area contributed by atoms with Gasteiger partial charge in [0.25, 0.3) is 0 Å². The number of amides is 2. The van der Waals surface area contributed by atoms with Crippen LogP contribution >= 0.6 is 0 Å². The maximum absolute atomic E-state index is 11.8. The summed E-state index contributed by atoms with van der Waals surface area (Å²) in [5.74, 6) is 0.872. The van der Waals surface area contributed by atoms with E-state index in [-0.39, 0.29) is 18.5 Å². The van der Waals surface area contributed by atoms with Crippen molar-refractivity contribution in [2.75, 3.05) is 18.5 Å². The fourth-order valence-corrected chi connectivity index (χ4v) is 1.68. The Kier molecular flexibility index (Phi) is 6.03. The van der Waals surface area contributed by atoms with Crippen molar-refractivity contribution in [3.05, 3.63) is 23.8 Å². The first kappa shape index (κ1) is 17.3. The lowest BCUT2D eigenvalue weighted by molar-refractivity contribution is 0.0170. The van der Waals surface area contributed by atoms with E-state index < -0.39 is 5.60 Å². The third-order valence-electron chi connectivity index (χ3n) is 3.58. The molecule has 5 heteroatoms. The van der Waals surface area contributed by atoms with Crippen LogP contribution in [0.1, 0.15) is 33.3 Å². The molecule has 21 heavy (non-hydrogen) atoms. The minimum absolute atomic E-state index is 0.0607. The zero-order valence-electron chi connectivity index (χ0n) is 13.5. The van der Waals surface area contributed by atoms with Crippen LogP contribution < -0.4 is 15.4 Å². The smallest absolute Gasteiger partial charge is 0.319 e. The summed E-state index contributed by atoms with van der Waals surface area (Å²) in [6.07, 6.45) is 0. The molecule has 0 spiro atoms. The molecule has 118 valence electrons. The first-order valence-corrected chi connectivity index (χ1v) is 7.27. The van der Waals surface area contributed by atoms with Crippen molar-refractivity contribution >= 4 is 11.7 Å². The lowest BCUT2D eigenvalue weighted by Gasteiger charge is -2.27. The van der Waals surface area contributed by atoms with Gasteiger partial charge in [0.1, 0.15) is 5.75 Å². The number of aryl methyl sites for hydroxylation is 1. The number of anilines is 1. The van der Waals surface area contributed by atoms with Gasteiger partial charge >= 0.3 is 6.03 Å². The fraction of sp³-hybridized carbons (Fsp3) is 0.562. The second kappa shape index (κ2) is 7.31. The first-order valence-electron chi connectivity index (χ1n) is 7.27. The van der Waals surface area contributed by atoms with Crippen molar-refractivity contribution in [1.29, 1.82) is 0 Å². The quantitative estimate of drug-likeness (QED) is 0.755. The number of rotatable bonds is 6. The number of hydrogen-bond acceptors (Lipinski definition) is 3. The van der Waals surface area contributed by atoms with E-state index in [1.807, 2.05) is 39.8 Å². The molecule has 0 saturated heterocycles. The second-order valence-corrected chi connectivity index (χ2v) is 5.73. The molecule has 0 radical (unpaired) electrons. The summed E-state index contributed by atoms with van der Waals surface area (Å²) < 4.78 is 5.45. The van der Waals surface area contributed by atoms with Gasteiger partial charge in [-0.05, 0) is 50.5 Å². The predicted octanol–water partition coefficient (Wildman–Crippen LogP) is 2.92. The van der Waals surface area contributed by atoms with Crippen LogP contribution in [-0.2, 0) is 0 Å². The summed E-state index contributed by atoms with van der Waals surface area (Å²) >= 11 is 0. The van der Waals surface area contributed by atoms with Crippen LogP contribution in [0, 0.1) is 12.8 Å². The van der Waals surface area contributed by atoms with Gasteiger partial charge in [0, 0.05) is 12.2 Å². The van der Waals surface area contributed by atoms with Crippen molar-refractivity contribution in [3.8, 4) is 5.75 Å². The molecule has 0 fully saturated rings. The number of hydrogen-bond donors (Lipinski definition) is 3. The molecule has 5 nitrogen and oxygen atoms in total. The zero-order valence-corrected chi connectivity index (χ0v) is 13.5. The number of urea groups is 1. The van der Waals surface area contributed by atoms with E-state index in [0.717, 1.165) is 11.3 Å². The van der Waals surface area contributed by atoms with Gasteiger partial charge in [-0.2, -0.15) is 0 Å². The van der Waals surface area contributed by atoms with Crippen LogP contribution in [-0.4, -0.2) is 29.9 Å². The van der Waals surface area contributed by atoms with Crippen molar-refractivity contribution in [2.24, 2.45) is 5.92 Å². The molecule has 2 amide bonds. The lowest BCUT2D eigenvalue weighted by atomic mass is 9.93. The minimum Gasteiger partial charge on any atom is -0.494 e. The van der Waals surface area contributed by atoms with Gasteiger partial charge in [-0.1, -0.05) is 13.8 Å². The van der Waals surface area contributed by atoms with E-state index in [0.29, 0.717) is 12.3 Å². The normalized spacial score (nSPS) is 13.7. The Bertz CT molecular complexity index is 484. The monoisotopic (exact) mass is 294 g/mol. The maximum atomic E-state index is 11.8. The van der Waals surface area contributed by atoms with E-state index in [9.17, 15) is 9.90 Å². The minimum atomic E-state index is -0.925. The van der Waals surface area contributed by atoms with Gasteiger partial charge in [-0.15, -0.1) is 0 Å². The number of aliphatic hydroxyl groups is 1. The van der Waals surface area contributed by atoms with Gasteiger partial charge < -0.3 is 20.5 Å². The van der Waals surface area contributed by atoms with Gasteiger partial charge in [-0.25, -0.2) is 4.79 Å². The SMILES string of the molecule is CCOc1ccc(NC(=O)NCC(C)(O)C(C)C)cc1C. The molecule has 0 aliphatic heterocycles. The average Bonchev–Trinajstić information content (AvgIpc) is 2.40. The molecule has 1 aromatic carbocycles. The number of carbonyl (C=O) groups is 1. The van der Waals surface area contributed by atoms with Crippen molar-refractivity contribution in [3.63, 3.8) is 0 Å². The zero-order chi connectivity index (χ0) is 16.0. The molecular weight excluding hydrogens is 268 g/mol. The van der Waals surface area contributed by atoms with Crippen molar-refractivity contribution in [1.82, 2.24) is 5.32 Å². The van der Waals surface area contributed by atoms with E-state index in [1.165, 1.54) is 0 Å². The highest BCUT2D eigenvalue weighted by molar-refractivity contribution is 5.89. The van der Waals surface area contributed by atoms with Crippen molar-refractivity contribution < 1.29 is 14.6 Å². The molecule has 0 saturated carbocycles. The standard InChI is InChI=1S/C16H26N2O3/c1-6-21-14-8-7-13(9-12(14)4)18-15(19)17-10-16(5,20)11(2)3/h7-9,11,20H,6,10H2,1-5H3,(H2,17,18,19). The predicted molar refractivity (Wildman–Crippen MR) is 84.8 cm³/mol. The largest absolute Gasteiger partial charge is 0.494 e. The summed E-state index contributed by atoms with van der Waals surface area (Å²) in [6, 6.07) is 5.14. The third-order valence-corrected chi connectivity index (χ3v) is 3.58. The fourth-order valence-electron chi connectivity index (χ4n) is 1.68. The van der Waals surface area contributed by atoms with Crippen LogP contribution in [0.5, 0.6) is 5.75 Å². The Morgan fingerprint density at radius 3 is 2.62 bits per heavy atom. The molecule has 0 aromatic heterocycles. The Morgan fingerprint density at radius 1 is 1.43 bits per heavy atom. The molecule has 3 N–H and O–H groups in total. The number of benzene rings is 1. The van der Waals surface area contributed by atoms with Crippen molar-refractivity contribution in [2.45, 2.75) is 40.2 Å². The van der Waals surface area contributed by atoms with Gasteiger partial charge in [0.05, 0.1) is 12.2 Å². The van der Waals surface area contributed by atoms with Gasteiger partial charge in [0.15, 0.2) is 0 Å². The van der Waals surface area contributed by atoms with Crippen LogP contribution in [0.2, 0.25) is 0 Å². The molecule has 1 aromatic rings. The Balaban J connectivity index is 2.57. The highest BCUT2D eigenvalue weighted by Crippen LogP contribution is 2.22. The molecule has 1 unspecified atom stereocenters. The molecule has 0 heterocycles. The van der Waals surface area contributed by atoms with E-state index in [2.05, 4.69) is 10.6 Å². The van der Waals surface area contributed by atoms with Crippen LogP contribution in [0.15, 0.2) is 18.2 Å². The van der Waals surface area contributed by atoms with Crippen LogP contribution in [0.3, 0.4) is 0 Å². The Morgan fingerprint density at radius 2 is 2.10 bits per heavy atom. The third kappa shape index (κ3) is 5.27. The highest BCUT2D eigenvalue weighted by Gasteiger charge is 2.25. The number of ether oxygens (including phenoxy) is 1. The van der Waals surface area contributed by atoms with E-state index >= 15 is 0 Å².